The Morgan fingerprint density at radius 3 is 2.96 bits per heavy atom. The van der Waals surface area contributed by atoms with E-state index in [-0.39, 0.29) is 11.8 Å². The van der Waals surface area contributed by atoms with Gasteiger partial charge in [-0.15, -0.1) is 11.3 Å². The molecule has 0 spiro atoms. The van der Waals surface area contributed by atoms with E-state index in [2.05, 4.69) is 38.1 Å². The summed E-state index contributed by atoms with van der Waals surface area (Å²) in [6, 6.07) is 8.40. The number of aryl methyl sites for hydroxylation is 1. The average Bonchev–Trinajstić information content (AvgIpc) is 3.29. The van der Waals surface area contributed by atoms with Gasteiger partial charge in [0.05, 0.1) is 23.2 Å². The standard InChI is InChI=1S/C20H22N4OS/c1-3-19(25)24-10-15-6-4-5-7-17(15)18(12-24)20-21-8-9-23(20)11-16-13-26-14(2)22-16/h4-9,13,18H,3,10-12H2,1-2H3/t18-/m0/s1. The molecule has 0 unspecified atom stereocenters. The van der Waals surface area contributed by atoms with Crippen LogP contribution in [0, 0.1) is 6.92 Å². The molecule has 3 aromatic rings. The summed E-state index contributed by atoms with van der Waals surface area (Å²) in [6.45, 7) is 6.01. The number of fused-ring (bicyclic) bond motifs is 1. The number of carbonyl (C=O) groups excluding carboxylic acids is 1. The summed E-state index contributed by atoms with van der Waals surface area (Å²) in [5, 5.41) is 3.17. The average molecular weight is 366 g/mol. The molecule has 1 aromatic carbocycles. The molecule has 5 nitrogen and oxygen atoms in total. The van der Waals surface area contributed by atoms with Crippen LogP contribution in [0.3, 0.4) is 0 Å². The number of hydrogen-bond acceptors (Lipinski definition) is 4. The molecule has 1 amide bonds. The lowest BCUT2D eigenvalue weighted by molar-refractivity contribution is -0.132. The third-order valence-electron chi connectivity index (χ3n) is 4.91. The Hall–Kier alpha value is -2.47. The van der Waals surface area contributed by atoms with Crippen LogP contribution < -0.4 is 0 Å². The number of aromatic nitrogens is 3. The van der Waals surface area contributed by atoms with Crippen LogP contribution in [-0.4, -0.2) is 31.9 Å². The van der Waals surface area contributed by atoms with Crippen LogP contribution in [-0.2, 0) is 17.9 Å². The molecule has 134 valence electrons. The number of rotatable bonds is 4. The van der Waals surface area contributed by atoms with Gasteiger partial charge in [0.1, 0.15) is 5.82 Å². The van der Waals surface area contributed by atoms with Gasteiger partial charge in [0, 0.05) is 37.3 Å². The molecule has 0 aliphatic carbocycles. The smallest absolute Gasteiger partial charge is 0.222 e. The number of amides is 1. The van der Waals surface area contributed by atoms with Crippen molar-refractivity contribution in [3.8, 4) is 0 Å². The second kappa shape index (κ2) is 7.03. The normalized spacial score (nSPS) is 16.5. The molecule has 4 rings (SSSR count). The van der Waals surface area contributed by atoms with E-state index in [1.54, 1.807) is 11.3 Å². The monoisotopic (exact) mass is 366 g/mol. The van der Waals surface area contributed by atoms with Gasteiger partial charge in [-0.25, -0.2) is 9.97 Å². The Bertz CT molecular complexity index is 929. The molecule has 0 N–H and O–H groups in total. The van der Waals surface area contributed by atoms with Crippen molar-refractivity contribution in [2.45, 2.75) is 39.3 Å². The quantitative estimate of drug-likeness (QED) is 0.709. The van der Waals surface area contributed by atoms with Gasteiger partial charge in [-0.3, -0.25) is 4.79 Å². The summed E-state index contributed by atoms with van der Waals surface area (Å²) in [5.41, 5.74) is 3.54. The van der Waals surface area contributed by atoms with Crippen LogP contribution in [0.1, 0.15) is 46.9 Å². The SMILES string of the molecule is CCC(=O)N1Cc2ccccc2[C@@H](c2nccn2Cc2csc(C)n2)C1. The van der Waals surface area contributed by atoms with Gasteiger partial charge in [0.15, 0.2) is 0 Å². The van der Waals surface area contributed by atoms with Crippen molar-refractivity contribution in [2.24, 2.45) is 0 Å². The van der Waals surface area contributed by atoms with Crippen LogP contribution >= 0.6 is 11.3 Å². The molecule has 0 fully saturated rings. The minimum atomic E-state index is 0.0881. The van der Waals surface area contributed by atoms with Gasteiger partial charge >= 0.3 is 0 Å². The van der Waals surface area contributed by atoms with E-state index < -0.39 is 0 Å². The van der Waals surface area contributed by atoms with Crippen molar-refractivity contribution in [3.05, 3.63) is 69.7 Å². The Balaban J connectivity index is 1.70. The maximum atomic E-state index is 12.4. The van der Waals surface area contributed by atoms with Crippen LogP contribution in [0.25, 0.3) is 0 Å². The molecular formula is C20H22N4OS. The van der Waals surface area contributed by atoms with Gasteiger partial charge in [-0.1, -0.05) is 31.2 Å². The minimum Gasteiger partial charge on any atom is -0.337 e. The van der Waals surface area contributed by atoms with E-state index in [1.807, 2.05) is 37.2 Å². The van der Waals surface area contributed by atoms with Crippen LogP contribution in [0.15, 0.2) is 42.0 Å². The van der Waals surface area contributed by atoms with Crippen molar-refractivity contribution in [3.63, 3.8) is 0 Å². The van der Waals surface area contributed by atoms with Crippen molar-refractivity contribution in [1.82, 2.24) is 19.4 Å². The first-order valence-electron chi connectivity index (χ1n) is 8.93. The van der Waals surface area contributed by atoms with E-state index in [1.165, 1.54) is 11.1 Å². The van der Waals surface area contributed by atoms with Crippen molar-refractivity contribution in [2.75, 3.05) is 6.54 Å². The summed E-state index contributed by atoms with van der Waals surface area (Å²) < 4.78 is 2.16. The van der Waals surface area contributed by atoms with E-state index in [0.29, 0.717) is 26.1 Å². The fraction of sp³-hybridized carbons (Fsp3) is 0.350. The highest BCUT2D eigenvalue weighted by Gasteiger charge is 2.31. The molecule has 3 heterocycles. The molecule has 6 heteroatoms. The summed E-state index contributed by atoms with van der Waals surface area (Å²) >= 11 is 1.67. The molecule has 0 saturated carbocycles. The van der Waals surface area contributed by atoms with Crippen molar-refractivity contribution < 1.29 is 4.79 Å². The largest absolute Gasteiger partial charge is 0.337 e. The lowest BCUT2D eigenvalue weighted by Crippen LogP contribution is -2.39. The Morgan fingerprint density at radius 2 is 2.19 bits per heavy atom. The number of hydrogen-bond donors (Lipinski definition) is 0. The maximum absolute atomic E-state index is 12.4. The highest BCUT2D eigenvalue weighted by molar-refractivity contribution is 7.09. The van der Waals surface area contributed by atoms with Crippen molar-refractivity contribution >= 4 is 17.2 Å². The number of nitrogens with zero attached hydrogens (tertiary/aromatic N) is 4. The predicted molar refractivity (Wildman–Crippen MR) is 102 cm³/mol. The molecule has 26 heavy (non-hydrogen) atoms. The molecule has 0 saturated heterocycles. The molecule has 1 atom stereocenters. The van der Waals surface area contributed by atoms with Crippen LogP contribution in [0.5, 0.6) is 0 Å². The number of carbonyl (C=O) groups is 1. The summed E-state index contributed by atoms with van der Waals surface area (Å²) in [4.78, 5) is 23.6. The topological polar surface area (TPSA) is 51.0 Å². The third-order valence-corrected chi connectivity index (χ3v) is 5.73. The number of thiazole rings is 1. The third kappa shape index (κ3) is 3.17. The van der Waals surface area contributed by atoms with Crippen LogP contribution in [0.4, 0.5) is 0 Å². The Labute approximate surface area is 157 Å². The fourth-order valence-corrected chi connectivity index (χ4v) is 4.27. The molecule has 1 aliphatic rings. The first-order valence-corrected chi connectivity index (χ1v) is 9.81. The van der Waals surface area contributed by atoms with E-state index in [4.69, 9.17) is 0 Å². The summed E-state index contributed by atoms with van der Waals surface area (Å²) in [5.74, 6) is 1.28. The highest BCUT2D eigenvalue weighted by atomic mass is 32.1. The fourth-order valence-electron chi connectivity index (χ4n) is 3.66. The van der Waals surface area contributed by atoms with E-state index in [9.17, 15) is 4.79 Å². The summed E-state index contributed by atoms with van der Waals surface area (Å²) in [7, 11) is 0. The molecular weight excluding hydrogens is 344 g/mol. The van der Waals surface area contributed by atoms with Gasteiger partial charge in [0.25, 0.3) is 0 Å². The first-order chi connectivity index (χ1) is 12.7. The lowest BCUT2D eigenvalue weighted by atomic mass is 9.89. The van der Waals surface area contributed by atoms with E-state index >= 15 is 0 Å². The van der Waals surface area contributed by atoms with Gasteiger partial charge in [0.2, 0.25) is 5.91 Å². The van der Waals surface area contributed by atoms with Crippen LogP contribution in [0.2, 0.25) is 0 Å². The molecule has 0 bridgehead atoms. The van der Waals surface area contributed by atoms with Gasteiger partial charge < -0.3 is 9.47 Å². The Morgan fingerprint density at radius 1 is 1.35 bits per heavy atom. The molecule has 2 aromatic heterocycles. The zero-order chi connectivity index (χ0) is 18.1. The Kier molecular flexibility index (Phi) is 4.59. The van der Waals surface area contributed by atoms with Gasteiger partial charge in [-0.2, -0.15) is 0 Å². The predicted octanol–water partition coefficient (Wildman–Crippen LogP) is 3.58. The number of benzene rings is 1. The second-order valence-corrected chi connectivity index (χ2v) is 7.71. The summed E-state index contributed by atoms with van der Waals surface area (Å²) in [6.07, 6.45) is 4.38. The molecule has 0 radical (unpaired) electrons. The maximum Gasteiger partial charge on any atom is 0.222 e. The second-order valence-electron chi connectivity index (χ2n) is 6.65. The van der Waals surface area contributed by atoms with Crippen molar-refractivity contribution in [1.29, 1.82) is 0 Å². The lowest BCUT2D eigenvalue weighted by Gasteiger charge is -2.34. The zero-order valence-corrected chi connectivity index (χ0v) is 15.9. The van der Waals surface area contributed by atoms with E-state index in [0.717, 1.165) is 16.5 Å². The molecule has 1 aliphatic heterocycles. The van der Waals surface area contributed by atoms with Gasteiger partial charge in [-0.05, 0) is 18.1 Å². The first kappa shape index (κ1) is 17.0. The number of imidazole rings is 1. The zero-order valence-electron chi connectivity index (χ0n) is 15.1. The minimum absolute atomic E-state index is 0.0881. The highest BCUT2D eigenvalue weighted by Crippen LogP contribution is 2.33.